The van der Waals surface area contributed by atoms with Crippen molar-refractivity contribution in [2.24, 2.45) is 0 Å². The lowest BCUT2D eigenvalue weighted by atomic mass is 10.0. The van der Waals surface area contributed by atoms with Crippen LogP contribution in [0, 0.1) is 0 Å². The molecule has 114 valence electrons. The van der Waals surface area contributed by atoms with Crippen LogP contribution >= 0.6 is 11.6 Å². The van der Waals surface area contributed by atoms with Gasteiger partial charge in [-0.3, -0.25) is 9.59 Å². The van der Waals surface area contributed by atoms with Gasteiger partial charge in [-0.15, -0.1) is 0 Å². The Bertz CT molecular complexity index is 518. The first kappa shape index (κ1) is 15.8. The van der Waals surface area contributed by atoms with Crippen molar-refractivity contribution in [3.63, 3.8) is 0 Å². The third-order valence-electron chi connectivity index (χ3n) is 3.87. The van der Waals surface area contributed by atoms with E-state index >= 15 is 0 Å². The number of hydrogen-bond acceptors (Lipinski definition) is 2. The summed E-state index contributed by atoms with van der Waals surface area (Å²) in [5.74, 6) is -0.708. The predicted molar refractivity (Wildman–Crippen MR) is 81.2 cm³/mol. The van der Waals surface area contributed by atoms with Gasteiger partial charge < -0.3 is 10.0 Å². The number of carboxylic acids is 1. The maximum absolute atomic E-state index is 12.3. The highest BCUT2D eigenvalue weighted by molar-refractivity contribution is 6.31. The van der Waals surface area contributed by atoms with Gasteiger partial charge in [0.05, 0.1) is 6.04 Å². The maximum atomic E-state index is 12.3. The molecule has 1 saturated heterocycles. The molecule has 0 radical (unpaired) electrons. The zero-order chi connectivity index (χ0) is 15.2. The lowest BCUT2D eigenvalue weighted by Gasteiger charge is -2.26. The van der Waals surface area contributed by atoms with Gasteiger partial charge in [0, 0.05) is 24.4 Å². The quantitative estimate of drug-likeness (QED) is 0.816. The van der Waals surface area contributed by atoms with E-state index in [0.717, 1.165) is 24.9 Å². The molecule has 0 aromatic heterocycles. The molecular formula is C16H20ClNO3. The van der Waals surface area contributed by atoms with Crippen LogP contribution in [0.25, 0.3) is 0 Å². The van der Waals surface area contributed by atoms with E-state index in [1.807, 2.05) is 29.2 Å². The van der Waals surface area contributed by atoms with Crippen molar-refractivity contribution in [3.05, 3.63) is 34.9 Å². The molecule has 1 atom stereocenters. The zero-order valence-corrected chi connectivity index (χ0v) is 12.7. The fourth-order valence-corrected chi connectivity index (χ4v) is 3.09. The van der Waals surface area contributed by atoms with Crippen molar-refractivity contribution in [1.29, 1.82) is 0 Å². The molecule has 1 aliphatic heterocycles. The summed E-state index contributed by atoms with van der Waals surface area (Å²) in [5.41, 5.74) is 1.01. The molecule has 21 heavy (non-hydrogen) atoms. The first-order chi connectivity index (χ1) is 10.1. The van der Waals surface area contributed by atoms with Gasteiger partial charge in [-0.2, -0.15) is 0 Å². The van der Waals surface area contributed by atoms with Crippen LogP contribution in [0.4, 0.5) is 0 Å². The number of benzene rings is 1. The molecule has 4 nitrogen and oxygen atoms in total. The second-order valence-electron chi connectivity index (χ2n) is 5.37. The highest BCUT2D eigenvalue weighted by Gasteiger charge is 2.30. The van der Waals surface area contributed by atoms with E-state index in [1.165, 1.54) is 0 Å². The molecule has 2 rings (SSSR count). The van der Waals surface area contributed by atoms with Crippen LogP contribution < -0.4 is 0 Å². The minimum Gasteiger partial charge on any atom is -0.481 e. The molecule has 1 amide bonds. The average molecular weight is 310 g/mol. The number of hydrogen-bond donors (Lipinski definition) is 1. The Labute approximate surface area is 129 Å². The van der Waals surface area contributed by atoms with Gasteiger partial charge in [0.2, 0.25) is 5.91 Å². The van der Waals surface area contributed by atoms with Crippen molar-refractivity contribution in [2.45, 2.75) is 44.6 Å². The van der Waals surface area contributed by atoms with Gasteiger partial charge in [0.15, 0.2) is 0 Å². The number of amides is 1. The van der Waals surface area contributed by atoms with Crippen molar-refractivity contribution < 1.29 is 14.7 Å². The van der Waals surface area contributed by atoms with Crippen molar-refractivity contribution in [2.75, 3.05) is 6.54 Å². The van der Waals surface area contributed by atoms with Crippen LogP contribution in [0.1, 0.15) is 50.1 Å². The Kier molecular flexibility index (Phi) is 5.62. The number of likely N-dealkylation sites (tertiary alicyclic amines) is 1. The minimum absolute atomic E-state index is 0.0608. The summed E-state index contributed by atoms with van der Waals surface area (Å²) in [6.45, 7) is 0.758. The molecule has 1 aliphatic rings. The molecule has 1 fully saturated rings. The smallest absolute Gasteiger partial charge is 0.303 e. The Morgan fingerprint density at radius 3 is 2.67 bits per heavy atom. The molecule has 1 heterocycles. The fraction of sp³-hybridized carbons (Fsp3) is 0.500. The molecule has 5 heteroatoms. The first-order valence-electron chi connectivity index (χ1n) is 7.35. The minimum atomic E-state index is -0.808. The molecule has 1 N–H and O–H groups in total. The summed E-state index contributed by atoms with van der Waals surface area (Å²) < 4.78 is 0. The van der Waals surface area contributed by atoms with Gasteiger partial charge in [0.25, 0.3) is 0 Å². The highest BCUT2D eigenvalue weighted by atomic mass is 35.5. The van der Waals surface area contributed by atoms with Crippen molar-refractivity contribution in [3.8, 4) is 0 Å². The van der Waals surface area contributed by atoms with Crippen LogP contribution in [0.2, 0.25) is 5.02 Å². The van der Waals surface area contributed by atoms with Gasteiger partial charge in [0.1, 0.15) is 0 Å². The lowest BCUT2D eigenvalue weighted by molar-refractivity contribution is -0.137. The molecular weight excluding hydrogens is 290 g/mol. The fourth-order valence-electron chi connectivity index (χ4n) is 2.83. The molecule has 1 unspecified atom stereocenters. The number of carboxylic acid groups (broad SMARTS) is 1. The predicted octanol–water partition coefficient (Wildman–Crippen LogP) is 3.65. The third kappa shape index (κ3) is 4.21. The molecule has 0 bridgehead atoms. The number of rotatable bonds is 6. The number of aliphatic carboxylic acids is 1. The number of halogens is 1. The van der Waals surface area contributed by atoms with E-state index in [2.05, 4.69) is 0 Å². The van der Waals surface area contributed by atoms with E-state index in [1.54, 1.807) is 0 Å². The van der Waals surface area contributed by atoms with E-state index in [0.29, 0.717) is 24.3 Å². The number of carbonyl (C=O) groups excluding carboxylic acids is 1. The average Bonchev–Trinajstić information content (AvgIpc) is 2.93. The summed E-state index contributed by atoms with van der Waals surface area (Å²) >= 11 is 6.23. The standard InChI is InChI=1S/C16H20ClNO3/c17-13-7-2-1-6-12(13)14-8-5-11-18(14)15(19)9-3-4-10-16(20)21/h1-2,6-7,14H,3-5,8-11H2,(H,20,21). The number of nitrogens with zero attached hydrogens (tertiary/aromatic N) is 1. The number of unbranched alkanes of at least 4 members (excludes halogenated alkanes) is 1. The maximum Gasteiger partial charge on any atom is 0.303 e. The largest absolute Gasteiger partial charge is 0.481 e. The Balaban J connectivity index is 1.94. The summed E-state index contributed by atoms with van der Waals surface area (Å²) in [7, 11) is 0. The second-order valence-corrected chi connectivity index (χ2v) is 5.77. The third-order valence-corrected chi connectivity index (χ3v) is 4.21. The van der Waals surface area contributed by atoms with Crippen LogP contribution in [-0.4, -0.2) is 28.4 Å². The molecule has 0 spiro atoms. The van der Waals surface area contributed by atoms with Crippen LogP contribution in [-0.2, 0) is 9.59 Å². The van der Waals surface area contributed by atoms with Crippen LogP contribution in [0.3, 0.4) is 0 Å². The van der Waals surface area contributed by atoms with Gasteiger partial charge in [-0.25, -0.2) is 0 Å². The Hall–Kier alpha value is -1.55. The Morgan fingerprint density at radius 1 is 1.24 bits per heavy atom. The zero-order valence-electron chi connectivity index (χ0n) is 11.9. The number of carbonyl (C=O) groups is 2. The van der Waals surface area contributed by atoms with E-state index in [-0.39, 0.29) is 18.4 Å². The molecule has 0 saturated carbocycles. The molecule has 1 aromatic rings. The van der Waals surface area contributed by atoms with Gasteiger partial charge in [-0.05, 0) is 37.3 Å². The van der Waals surface area contributed by atoms with Gasteiger partial charge in [-0.1, -0.05) is 29.8 Å². The lowest BCUT2D eigenvalue weighted by Crippen LogP contribution is -2.30. The van der Waals surface area contributed by atoms with E-state index in [9.17, 15) is 9.59 Å². The molecule has 1 aromatic carbocycles. The summed E-state index contributed by atoms with van der Waals surface area (Å²) in [5, 5.41) is 9.30. The van der Waals surface area contributed by atoms with Crippen LogP contribution in [0.5, 0.6) is 0 Å². The monoisotopic (exact) mass is 309 g/mol. The van der Waals surface area contributed by atoms with Crippen molar-refractivity contribution in [1.82, 2.24) is 4.90 Å². The normalized spacial score (nSPS) is 18.0. The first-order valence-corrected chi connectivity index (χ1v) is 7.73. The summed E-state index contributed by atoms with van der Waals surface area (Å²) in [6.07, 6.45) is 3.62. The summed E-state index contributed by atoms with van der Waals surface area (Å²) in [4.78, 5) is 24.7. The molecule has 0 aliphatic carbocycles. The van der Waals surface area contributed by atoms with E-state index in [4.69, 9.17) is 16.7 Å². The summed E-state index contributed by atoms with van der Waals surface area (Å²) in [6, 6.07) is 7.72. The SMILES string of the molecule is O=C(O)CCCCC(=O)N1CCCC1c1ccccc1Cl. The Morgan fingerprint density at radius 2 is 1.95 bits per heavy atom. The highest BCUT2D eigenvalue weighted by Crippen LogP contribution is 2.36. The van der Waals surface area contributed by atoms with Crippen molar-refractivity contribution >= 4 is 23.5 Å². The second kappa shape index (κ2) is 7.46. The van der Waals surface area contributed by atoms with Crippen LogP contribution in [0.15, 0.2) is 24.3 Å². The van der Waals surface area contributed by atoms with Gasteiger partial charge >= 0.3 is 5.97 Å². The van der Waals surface area contributed by atoms with E-state index < -0.39 is 5.97 Å². The topological polar surface area (TPSA) is 57.6 Å².